The first-order valence-electron chi connectivity index (χ1n) is 9.12. The first-order valence-corrected chi connectivity index (χ1v) is 9.12. The summed E-state index contributed by atoms with van der Waals surface area (Å²) in [7, 11) is 0. The van der Waals surface area contributed by atoms with Crippen molar-refractivity contribution in [3.8, 4) is 5.75 Å². The van der Waals surface area contributed by atoms with Crippen LogP contribution in [0, 0.1) is 11.8 Å². The smallest absolute Gasteiger partial charge is 0.306 e. The van der Waals surface area contributed by atoms with Gasteiger partial charge in [0.1, 0.15) is 5.75 Å². The molecule has 2 aromatic rings. The zero-order valence-corrected chi connectivity index (χ0v) is 15.3. The van der Waals surface area contributed by atoms with Crippen molar-refractivity contribution in [2.45, 2.75) is 19.3 Å². The second-order valence-electron chi connectivity index (χ2n) is 6.77. The number of carbonyl (C=O) groups is 3. The third kappa shape index (κ3) is 5.33. The van der Waals surface area contributed by atoms with Gasteiger partial charge in [0.25, 0.3) is 5.91 Å². The van der Waals surface area contributed by atoms with E-state index in [9.17, 15) is 14.4 Å². The molecule has 2 aromatic carbocycles. The average molecular weight is 382 g/mol. The summed E-state index contributed by atoms with van der Waals surface area (Å²) in [6.45, 7) is -0.158. The Bertz CT molecular complexity index is 853. The predicted molar refractivity (Wildman–Crippen MR) is 104 cm³/mol. The van der Waals surface area contributed by atoms with Gasteiger partial charge in [-0.25, -0.2) is 0 Å². The fourth-order valence-electron chi connectivity index (χ4n) is 3.22. The Hall–Kier alpha value is -3.35. The Morgan fingerprint density at radius 3 is 2.36 bits per heavy atom. The number of hydrogen-bond donors (Lipinski definition) is 3. The van der Waals surface area contributed by atoms with Gasteiger partial charge in [-0.15, -0.1) is 0 Å². The number of carboxylic acids is 1. The summed E-state index contributed by atoms with van der Waals surface area (Å²) < 4.78 is 5.50. The first-order chi connectivity index (χ1) is 13.5. The lowest BCUT2D eigenvalue weighted by Crippen LogP contribution is -2.22. The molecule has 3 N–H and O–H groups in total. The van der Waals surface area contributed by atoms with Crippen molar-refractivity contribution in [2.24, 2.45) is 11.8 Å². The van der Waals surface area contributed by atoms with E-state index in [0.717, 1.165) is 0 Å². The Balaban J connectivity index is 1.50. The molecule has 0 bridgehead atoms. The first kappa shape index (κ1) is 19.4. The Morgan fingerprint density at radius 1 is 0.929 bits per heavy atom. The third-order valence-corrected chi connectivity index (χ3v) is 4.68. The lowest BCUT2D eigenvalue weighted by Gasteiger charge is -2.12. The van der Waals surface area contributed by atoms with Crippen molar-refractivity contribution in [3.63, 3.8) is 0 Å². The van der Waals surface area contributed by atoms with Crippen molar-refractivity contribution in [1.29, 1.82) is 0 Å². The van der Waals surface area contributed by atoms with Crippen LogP contribution in [0.3, 0.4) is 0 Å². The minimum Gasteiger partial charge on any atom is -0.484 e. The van der Waals surface area contributed by atoms with Crippen LogP contribution >= 0.6 is 0 Å². The number of anilines is 2. The third-order valence-electron chi connectivity index (χ3n) is 4.68. The highest BCUT2D eigenvalue weighted by Crippen LogP contribution is 2.32. The Labute approximate surface area is 162 Å². The number of carbonyl (C=O) groups excluding carboxylic acids is 2. The topological polar surface area (TPSA) is 105 Å². The van der Waals surface area contributed by atoms with E-state index in [1.165, 1.54) is 0 Å². The highest BCUT2D eigenvalue weighted by atomic mass is 16.5. The van der Waals surface area contributed by atoms with Gasteiger partial charge in [-0.2, -0.15) is 0 Å². The molecule has 0 aromatic heterocycles. The van der Waals surface area contributed by atoms with Crippen LogP contribution in [0.2, 0.25) is 0 Å². The molecule has 0 saturated heterocycles. The van der Waals surface area contributed by atoms with E-state index in [1.807, 2.05) is 18.2 Å². The lowest BCUT2D eigenvalue weighted by molar-refractivity contribution is -0.141. The number of hydrogen-bond acceptors (Lipinski definition) is 4. The van der Waals surface area contributed by atoms with E-state index in [4.69, 9.17) is 9.84 Å². The number of carboxylic acid groups (broad SMARTS) is 1. The minimum atomic E-state index is -0.848. The van der Waals surface area contributed by atoms with Gasteiger partial charge in [-0.1, -0.05) is 24.3 Å². The summed E-state index contributed by atoms with van der Waals surface area (Å²) in [6.07, 6.45) is 1.45. The monoisotopic (exact) mass is 382 g/mol. The summed E-state index contributed by atoms with van der Waals surface area (Å²) >= 11 is 0. The van der Waals surface area contributed by atoms with Gasteiger partial charge in [0, 0.05) is 23.4 Å². The zero-order valence-electron chi connectivity index (χ0n) is 15.3. The van der Waals surface area contributed by atoms with Gasteiger partial charge in [0.2, 0.25) is 5.91 Å². The van der Waals surface area contributed by atoms with Crippen molar-refractivity contribution in [3.05, 3.63) is 54.6 Å². The predicted octanol–water partition coefficient (Wildman–Crippen LogP) is 3.14. The van der Waals surface area contributed by atoms with Crippen LogP contribution in [0.4, 0.5) is 11.4 Å². The van der Waals surface area contributed by atoms with Gasteiger partial charge in [-0.3, -0.25) is 14.4 Å². The van der Waals surface area contributed by atoms with E-state index >= 15 is 0 Å². The second kappa shape index (κ2) is 9.03. The average Bonchev–Trinajstić information content (AvgIpc) is 3.18. The molecule has 7 nitrogen and oxygen atoms in total. The molecule has 146 valence electrons. The fourth-order valence-corrected chi connectivity index (χ4v) is 3.22. The fraction of sp³-hybridized carbons (Fsp3) is 0.286. The summed E-state index contributed by atoms with van der Waals surface area (Å²) in [6, 6.07) is 15.8. The molecule has 7 heteroatoms. The SMILES string of the molecule is O=C(COc1cccc(NC(=O)[C@H]2CC[C@@H](C(=O)O)C2)c1)Nc1ccccc1. The molecule has 0 aliphatic heterocycles. The van der Waals surface area contributed by atoms with Crippen LogP contribution in [-0.2, 0) is 14.4 Å². The molecule has 2 atom stereocenters. The van der Waals surface area contributed by atoms with Crippen LogP contribution < -0.4 is 15.4 Å². The van der Waals surface area contributed by atoms with Crippen molar-refractivity contribution in [1.82, 2.24) is 0 Å². The number of amides is 2. The molecule has 3 rings (SSSR count). The maximum Gasteiger partial charge on any atom is 0.306 e. The van der Waals surface area contributed by atoms with Crippen LogP contribution in [-0.4, -0.2) is 29.5 Å². The molecule has 1 aliphatic carbocycles. The van der Waals surface area contributed by atoms with Gasteiger partial charge in [0.15, 0.2) is 6.61 Å². The van der Waals surface area contributed by atoms with E-state index in [-0.39, 0.29) is 24.3 Å². The van der Waals surface area contributed by atoms with Crippen molar-refractivity contribution < 1.29 is 24.2 Å². The van der Waals surface area contributed by atoms with Gasteiger partial charge in [-0.05, 0) is 43.5 Å². The molecule has 0 spiro atoms. The van der Waals surface area contributed by atoms with Crippen molar-refractivity contribution >= 4 is 29.2 Å². The van der Waals surface area contributed by atoms with E-state index in [1.54, 1.807) is 36.4 Å². The van der Waals surface area contributed by atoms with Crippen LogP contribution in [0.15, 0.2) is 54.6 Å². The molecule has 1 aliphatic rings. The van der Waals surface area contributed by atoms with Gasteiger partial charge < -0.3 is 20.5 Å². The molecule has 0 radical (unpaired) electrons. The summed E-state index contributed by atoms with van der Waals surface area (Å²) in [5, 5.41) is 14.6. The quantitative estimate of drug-likeness (QED) is 0.682. The van der Waals surface area contributed by atoms with E-state index in [2.05, 4.69) is 10.6 Å². The second-order valence-corrected chi connectivity index (χ2v) is 6.77. The molecule has 1 saturated carbocycles. The molecule has 0 heterocycles. The minimum absolute atomic E-state index is 0.158. The van der Waals surface area contributed by atoms with Crippen LogP contribution in [0.25, 0.3) is 0 Å². The molecular formula is C21H22N2O5. The standard InChI is InChI=1S/C21H22N2O5/c24-19(22-16-5-2-1-3-6-16)13-28-18-8-4-7-17(12-18)23-20(25)14-9-10-15(11-14)21(26)27/h1-8,12,14-15H,9-11,13H2,(H,22,24)(H,23,25)(H,26,27)/t14-,15+/m0/s1. The lowest BCUT2D eigenvalue weighted by atomic mass is 10.0. The number of rotatable bonds is 7. The maximum atomic E-state index is 12.4. The largest absolute Gasteiger partial charge is 0.484 e. The number of para-hydroxylation sites is 1. The molecule has 28 heavy (non-hydrogen) atoms. The number of ether oxygens (including phenoxy) is 1. The maximum absolute atomic E-state index is 12.4. The number of nitrogens with one attached hydrogen (secondary N) is 2. The normalized spacial score (nSPS) is 18.3. The van der Waals surface area contributed by atoms with Gasteiger partial charge in [0.05, 0.1) is 5.92 Å². The van der Waals surface area contributed by atoms with E-state index in [0.29, 0.717) is 36.4 Å². The van der Waals surface area contributed by atoms with E-state index < -0.39 is 11.9 Å². The number of benzene rings is 2. The van der Waals surface area contributed by atoms with Gasteiger partial charge >= 0.3 is 5.97 Å². The van der Waals surface area contributed by atoms with Crippen molar-refractivity contribution in [2.75, 3.05) is 17.2 Å². The zero-order chi connectivity index (χ0) is 19.9. The highest BCUT2D eigenvalue weighted by molar-refractivity contribution is 5.93. The number of aliphatic carboxylic acids is 1. The van der Waals surface area contributed by atoms with Crippen LogP contribution in [0.5, 0.6) is 5.75 Å². The molecule has 0 unspecified atom stereocenters. The highest BCUT2D eigenvalue weighted by Gasteiger charge is 2.33. The molecular weight excluding hydrogens is 360 g/mol. The Morgan fingerprint density at radius 2 is 1.64 bits per heavy atom. The molecule has 1 fully saturated rings. The summed E-state index contributed by atoms with van der Waals surface area (Å²) in [4.78, 5) is 35.3. The molecule has 2 amide bonds. The van der Waals surface area contributed by atoms with Crippen LogP contribution in [0.1, 0.15) is 19.3 Å². The Kier molecular flexibility index (Phi) is 6.26. The summed E-state index contributed by atoms with van der Waals surface area (Å²) in [5.41, 5.74) is 1.23. The summed E-state index contributed by atoms with van der Waals surface area (Å²) in [5.74, 6) is -1.62.